The summed E-state index contributed by atoms with van der Waals surface area (Å²) < 4.78 is 93.7. The molecule has 0 bridgehead atoms. The number of phenolic OH excluding ortho intramolecular Hbond substituents is 1. The normalized spacial score (nSPS) is 17.8. The summed E-state index contributed by atoms with van der Waals surface area (Å²) in [6, 6.07) is 12.7. The Morgan fingerprint density at radius 3 is 1.87 bits per heavy atom. The number of anilines is 2. The maximum Gasteiger partial charge on any atom is 0.341 e. The van der Waals surface area contributed by atoms with Crippen molar-refractivity contribution in [3.63, 3.8) is 0 Å². The smallest absolute Gasteiger partial charge is 0.341 e. The van der Waals surface area contributed by atoms with Crippen LogP contribution in [0.3, 0.4) is 0 Å². The highest BCUT2D eigenvalue weighted by molar-refractivity contribution is 7.85. The quantitative estimate of drug-likeness (QED) is 0.0109. The van der Waals surface area contributed by atoms with Crippen LogP contribution in [-0.4, -0.2) is 186 Å². The Hall–Kier alpha value is -4.76. The van der Waals surface area contributed by atoms with Gasteiger partial charge in [-0.2, -0.15) is 8.42 Å². The lowest BCUT2D eigenvalue weighted by Crippen LogP contribution is -2.52. The van der Waals surface area contributed by atoms with Gasteiger partial charge in [0.05, 0.1) is 137 Å². The fourth-order valence-electron chi connectivity index (χ4n) is 12.3. The molecular weight excluding hydrogens is 1260 g/mol. The lowest BCUT2D eigenvalue weighted by atomic mass is 9.71. The van der Waals surface area contributed by atoms with E-state index >= 15 is 0 Å². The summed E-state index contributed by atoms with van der Waals surface area (Å²) in [5.41, 5.74) is 4.18. The standard InChI is InChI=1S/C63H80Cl4N4O17S/c1-62(2)39-43(40-89(76,77)78)46-37-48-60(45-7-4-19-71(62)59(45)46)87-50-38-49-42(36-47(50)63(48)54-53(61(75)88-63)55(64)57(66)58(67)56(54)65)6-3-17-70(49)18-5-8-51(73)69-16-21-80-23-25-82-27-29-84-31-33-86-35-34-85-32-30-83-28-26-81-24-22-79-20-14-52(74)68-15-13-41-9-11-44(72)12-10-41/h9-12,36-38,43,72H,3-8,13-35,39-40H2,1-2H3,(H,68,74)(H,69,73)(H,76,77,78). The first-order valence-electron chi connectivity index (χ1n) is 30.4. The van der Waals surface area contributed by atoms with Crippen LogP contribution in [0.1, 0.15) is 108 Å². The van der Waals surface area contributed by atoms with E-state index < -0.39 is 38.9 Å². The number of ether oxygens (including phenoxy) is 10. The van der Waals surface area contributed by atoms with Crippen LogP contribution in [0.5, 0.6) is 17.2 Å². The van der Waals surface area contributed by atoms with E-state index in [1.54, 1.807) is 12.1 Å². The molecule has 2 atom stereocenters. The maximum absolute atomic E-state index is 14.3. The zero-order chi connectivity index (χ0) is 63.1. The van der Waals surface area contributed by atoms with Crippen LogP contribution in [0.2, 0.25) is 20.1 Å². The van der Waals surface area contributed by atoms with E-state index in [9.17, 15) is 32.5 Å². The average molecular weight is 1340 g/mol. The van der Waals surface area contributed by atoms with Gasteiger partial charge >= 0.3 is 5.97 Å². The van der Waals surface area contributed by atoms with Crippen molar-refractivity contribution < 1.29 is 79.8 Å². The van der Waals surface area contributed by atoms with E-state index in [2.05, 4.69) is 34.3 Å². The van der Waals surface area contributed by atoms with Crippen LogP contribution in [0.15, 0.2) is 42.5 Å². The van der Waals surface area contributed by atoms with E-state index in [1.165, 1.54) is 0 Å². The molecule has 1 spiro atoms. The molecule has 4 aromatic carbocycles. The number of aromatic hydroxyl groups is 1. The molecule has 2 amide bonds. The van der Waals surface area contributed by atoms with Crippen LogP contribution < -0.4 is 25.2 Å². The van der Waals surface area contributed by atoms with Crippen molar-refractivity contribution in [3.8, 4) is 17.2 Å². The van der Waals surface area contributed by atoms with Crippen LogP contribution in [0.25, 0.3) is 0 Å². The number of fused-ring (bicyclic) bond motifs is 8. The lowest BCUT2D eigenvalue weighted by molar-refractivity contribution is -0.122. The van der Waals surface area contributed by atoms with Crippen molar-refractivity contribution in [1.82, 2.24) is 10.6 Å². The number of benzene rings is 4. The van der Waals surface area contributed by atoms with E-state index in [1.807, 2.05) is 30.3 Å². The van der Waals surface area contributed by atoms with Gasteiger partial charge in [0.25, 0.3) is 10.1 Å². The third kappa shape index (κ3) is 17.3. The number of phenols is 1. The third-order valence-corrected chi connectivity index (χ3v) is 19.0. The summed E-state index contributed by atoms with van der Waals surface area (Å²) in [7, 11) is -4.42. The highest BCUT2D eigenvalue weighted by Gasteiger charge is 2.58. The number of aryl methyl sites for hydroxylation is 1. The van der Waals surface area contributed by atoms with Crippen LogP contribution in [-0.2, 0) is 87.2 Å². The lowest BCUT2D eigenvalue weighted by Gasteiger charge is -2.52. The summed E-state index contributed by atoms with van der Waals surface area (Å²) in [6.07, 6.45) is 5.11. The van der Waals surface area contributed by atoms with Gasteiger partial charge in [0.2, 0.25) is 11.8 Å². The molecule has 21 nitrogen and oxygen atoms in total. The number of hydrogen-bond donors (Lipinski definition) is 4. The highest BCUT2D eigenvalue weighted by atomic mass is 35.5. The summed E-state index contributed by atoms with van der Waals surface area (Å²) in [5.74, 6) is -0.943. The fourth-order valence-corrected chi connectivity index (χ4v) is 14.2. The van der Waals surface area contributed by atoms with Crippen molar-refractivity contribution >= 4 is 85.7 Å². The monoisotopic (exact) mass is 1340 g/mol. The van der Waals surface area contributed by atoms with Crippen molar-refractivity contribution in [3.05, 3.63) is 107 Å². The molecule has 0 fully saturated rings. The van der Waals surface area contributed by atoms with Crippen molar-refractivity contribution in [2.75, 3.05) is 154 Å². The van der Waals surface area contributed by atoms with Gasteiger partial charge in [-0.05, 0) is 99.7 Å². The second-order valence-corrected chi connectivity index (χ2v) is 26.0. The molecule has 488 valence electrons. The second kappa shape index (κ2) is 32.2. The molecule has 0 saturated heterocycles. The summed E-state index contributed by atoms with van der Waals surface area (Å²) in [5, 5.41) is 14.9. The minimum absolute atomic E-state index is 0.0174. The Morgan fingerprint density at radius 1 is 0.685 bits per heavy atom. The molecule has 0 aliphatic carbocycles. The Morgan fingerprint density at radius 2 is 1.25 bits per heavy atom. The van der Waals surface area contributed by atoms with Gasteiger partial charge in [-0.25, -0.2) is 4.79 Å². The minimum Gasteiger partial charge on any atom is -0.508 e. The van der Waals surface area contributed by atoms with Crippen LogP contribution in [0.4, 0.5) is 11.4 Å². The fraction of sp³-hybridized carbons (Fsp3) is 0.571. The molecule has 0 saturated carbocycles. The number of rotatable bonds is 36. The van der Waals surface area contributed by atoms with Crippen molar-refractivity contribution in [1.29, 1.82) is 0 Å². The van der Waals surface area contributed by atoms with E-state index in [0.717, 1.165) is 54.0 Å². The number of nitrogens with one attached hydrogen (secondary N) is 2. The molecule has 5 aliphatic heterocycles. The van der Waals surface area contributed by atoms with Gasteiger partial charge in [0.15, 0.2) is 5.60 Å². The number of carbonyl (C=O) groups is 3. The number of amides is 2. The second-order valence-electron chi connectivity index (χ2n) is 23.0. The number of esters is 1. The molecule has 2 unspecified atom stereocenters. The Balaban J connectivity index is 0.633. The average Bonchev–Trinajstić information content (AvgIpc) is 1.65. The topological polar surface area (TPSA) is 249 Å². The maximum atomic E-state index is 14.3. The summed E-state index contributed by atoms with van der Waals surface area (Å²) in [6.45, 7) is 13.5. The zero-order valence-electron chi connectivity index (χ0n) is 50.4. The van der Waals surface area contributed by atoms with Gasteiger partial charge < -0.3 is 72.9 Å². The SMILES string of the molecule is CC1(C)CC(CS(=O)(=O)O)c2cc3c(c4c2N1CCC4)Oc1cc2c(cc1C31OC(=O)c3c(Cl)c(Cl)c(Cl)c(Cl)c31)CCCN2CCCC(=O)NCCOCCOCCOCCOCCOCCOCCOCCOCCC(=O)NCCc1ccc(O)cc1. The first-order valence-corrected chi connectivity index (χ1v) is 33.6. The molecule has 89 heavy (non-hydrogen) atoms. The largest absolute Gasteiger partial charge is 0.508 e. The van der Waals surface area contributed by atoms with Gasteiger partial charge in [0.1, 0.15) is 17.2 Å². The van der Waals surface area contributed by atoms with E-state index in [-0.39, 0.29) is 55.2 Å². The zero-order valence-corrected chi connectivity index (χ0v) is 54.2. The number of hydrogen-bond acceptors (Lipinski definition) is 18. The van der Waals surface area contributed by atoms with Crippen LogP contribution in [0, 0.1) is 0 Å². The van der Waals surface area contributed by atoms with E-state index in [4.69, 9.17) is 93.8 Å². The molecule has 0 radical (unpaired) electrons. The number of halogens is 4. The van der Waals surface area contributed by atoms with E-state index in [0.29, 0.717) is 192 Å². The van der Waals surface area contributed by atoms with Gasteiger partial charge in [-0.1, -0.05) is 58.5 Å². The summed E-state index contributed by atoms with van der Waals surface area (Å²) in [4.78, 5) is 43.8. The van der Waals surface area contributed by atoms with Crippen molar-refractivity contribution in [2.45, 2.75) is 88.7 Å². The predicted molar refractivity (Wildman–Crippen MR) is 337 cm³/mol. The molecule has 9 rings (SSSR count). The first kappa shape index (κ1) is 68.6. The number of carbonyl (C=O) groups excluding carboxylic acids is 3. The molecule has 0 aromatic heterocycles. The summed E-state index contributed by atoms with van der Waals surface area (Å²) >= 11 is 27.4. The number of nitrogens with zero attached hydrogens (tertiary/aromatic N) is 2. The molecule has 4 aromatic rings. The molecule has 5 heterocycles. The van der Waals surface area contributed by atoms with Gasteiger partial charge in [-0.3, -0.25) is 14.1 Å². The first-order chi connectivity index (χ1) is 42.9. The van der Waals surface area contributed by atoms with Gasteiger partial charge in [-0.15, -0.1) is 0 Å². The Kier molecular flexibility index (Phi) is 24.8. The minimum atomic E-state index is -4.42. The molecule has 4 N–H and O–H groups in total. The Bertz CT molecular complexity index is 3230. The molecule has 5 aliphatic rings. The highest BCUT2D eigenvalue weighted by Crippen LogP contribution is 2.64. The van der Waals surface area contributed by atoms with Crippen molar-refractivity contribution in [2.24, 2.45) is 0 Å². The predicted octanol–water partition coefficient (Wildman–Crippen LogP) is 9.01. The third-order valence-electron chi connectivity index (χ3n) is 16.4. The Labute approximate surface area is 540 Å². The molecule has 26 heteroatoms. The van der Waals surface area contributed by atoms with Gasteiger partial charge in [0, 0.05) is 96.7 Å². The molecular formula is C63H80Cl4N4O17S. The van der Waals surface area contributed by atoms with Crippen LogP contribution >= 0.6 is 46.4 Å².